The van der Waals surface area contributed by atoms with E-state index in [0.717, 1.165) is 5.56 Å². The summed E-state index contributed by atoms with van der Waals surface area (Å²) in [5.74, 6) is -0.456. The summed E-state index contributed by atoms with van der Waals surface area (Å²) < 4.78 is 5.72. The fourth-order valence-corrected chi connectivity index (χ4v) is 3.75. The quantitative estimate of drug-likeness (QED) is 0.361. The maximum atomic E-state index is 12.8. The molecule has 2 unspecified atom stereocenters. The molecule has 154 valence electrons. The molecule has 2 atom stereocenters. The number of nitrogens with zero attached hydrogens (tertiary/aromatic N) is 2. The summed E-state index contributed by atoms with van der Waals surface area (Å²) >= 11 is 11.8. The van der Waals surface area contributed by atoms with Gasteiger partial charge in [-0.15, -0.1) is 0 Å². The molecule has 1 aromatic heterocycles. The van der Waals surface area contributed by atoms with Crippen molar-refractivity contribution >= 4 is 35.0 Å². The van der Waals surface area contributed by atoms with Crippen LogP contribution in [0.2, 0.25) is 10.3 Å². The van der Waals surface area contributed by atoms with Crippen LogP contribution in [0.25, 0.3) is 0 Å². The van der Waals surface area contributed by atoms with E-state index in [1.807, 2.05) is 0 Å². The number of carbonyl (C=O) groups excluding carboxylic acids is 2. The van der Waals surface area contributed by atoms with Gasteiger partial charge in [0, 0.05) is 6.54 Å². The Morgan fingerprint density at radius 2 is 1.97 bits per heavy atom. The van der Waals surface area contributed by atoms with Crippen molar-refractivity contribution in [2.45, 2.75) is 31.5 Å². The van der Waals surface area contributed by atoms with Crippen molar-refractivity contribution in [2.24, 2.45) is 5.73 Å². The molecule has 10 heteroatoms. The summed E-state index contributed by atoms with van der Waals surface area (Å²) in [5, 5.41) is 9.36. The van der Waals surface area contributed by atoms with E-state index >= 15 is 0 Å². The third kappa shape index (κ3) is 4.45. The van der Waals surface area contributed by atoms with Crippen LogP contribution >= 0.6 is 23.2 Å². The maximum Gasteiger partial charge on any atom is 0.265 e. The van der Waals surface area contributed by atoms with Crippen molar-refractivity contribution in [3.8, 4) is 5.75 Å². The first-order valence-electron chi connectivity index (χ1n) is 8.84. The molecule has 0 radical (unpaired) electrons. The van der Waals surface area contributed by atoms with Crippen LogP contribution in [0.5, 0.6) is 5.75 Å². The molecular formula is C19H20Cl2N4O4. The van der Waals surface area contributed by atoms with Gasteiger partial charge in [-0.25, -0.2) is 10.5 Å². The van der Waals surface area contributed by atoms with E-state index in [2.05, 4.69) is 4.98 Å². The number of halogens is 2. The van der Waals surface area contributed by atoms with E-state index in [-0.39, 0.29) is 22.8 Å². The van der Waals surface area contributed by atoms with E-state index in [4.69, 9.17) is 38.9 Å². The highest BCUT2D eigenvalue weighted by atomic mass is 35.5. The number of rotatable bonds is 6. The van der Waals surface area contributed by atoms with Gasteiger partial charge in [-0.1, -0.05) is 35.3 Å². The Hall–Kier alpha value is -2.39. The Morgan fingerprint density at radius 3 is 2.55 bits per heavy atom. The molecule has 4 N–H and O–H groups in total. The zero-order chi connectivity index (χ0) is 21.2. The lowest BCUT2D eigenvalue weighted by Gasteiger charge is -2.27. The van der Waals surface area contributed by atoms with Gasteiger partial charge in [0.15, 0.2) is 0 Å². The molecule has 2 amide bonds. The number of ether oxygens (including phenoxy) is 1. The summed E-state index contributed by atoms with van der Waals surface area (Å²) in [6.45, 7) is 2.09. The molecule has 2 aromatic rings. The van der Waals surface area contributed by atoms with Crippen molar-refractivity contribution in [3.05, 3.63) is 57.8 Å². The Labute approximate surface area is 177 Å². The SMILES string of the molecule is CC(C(=O)NO)N1CCC(N)(c2ccc(OCc3cc(Cl)nc(Cl)c3)cc2)C1=O. The van der Waals surface area contributed by atoms with E-state index < -0.39 is 17.5 Å². The van der Waals surface area contributed by atoms with Gasteiger partial charge in [0.1, 0.15) is 34.2 Å². The molecule has 29 heavy (non-hydrogen) atoms. The molecule has 0 aliphatic carbocycles. The highest BCUT2D eigenvalue weighted by molar-refractivity contribution is 6.32. The number of hydrogen-bond donors (Lipinski definition) is 3. The van der Waals surface area contributed by atoms with Crippen molar-refractivity contribution in [1.82, 2.24) is 15.4 Å². The summed E-state index contributed by atoms with van der Waals surface area (Å²) in [7, 11) is 0. The summed E-state index contributed by atoms with van der Waals surface area (Å²) in [6.07, 6.45) is 0.350. The molecular weight excluding hydrogens is 419 g/mol. The summed E-state index contributed by atoms with van der Waals surface area (Å²) in [5.41, 5.74) is 8.08. The van der Waals surface area contributed by atoms with Gasteiger partial charge in [0.2, 0.25) is 5.91 Å². The smallest absolute Gasteiger partial charge is 0.265 e. The Balaban J connectivity index is 1.69. The first kappa shape index (κ1) is 21.3. The molecule has 1 fully saturated rings. The van der Waals surface area contributed by atoms with Crippen LogP contribution in [0.3, 0.4) is 0 Å². The van der Waals surface area contributed by atoms with Crippen LogP contribution in [-0.2, 0) is 21.7 Å². The number of amides is 2. The average Bonchev–Trinajstić information content (AvgIpc) is 3.00. The molecule has 8 nitrogen and oxygen atoms in total. The second kappa shape index (κ2) is 8.54. The van der Waals surface area contributed by atoms with E-state index in [1.54, 1.807) is 41.9 Å². The van der Waals surface area contributed by atoms with Gasteiger partial charge in [-0.05, 0) is 48.7 Å². The largest absolute Gasteiger partial charge is 0.489 e. The summed E-state index contributed by atoms with van der Waals surface area (Å²) in [6, 6.07) is 9.38. The van der Waals surface area contributed by atoms with Gasteiger partial charge >= 0.3 is 0 Å². The predicted octanol–water partition coefficient (Wildman–Crippen LogP) is 2.25. The molecule has 0 saturated carbocycles. The van der Waals surface area contributed by atoms with Gasteiger partial charge in [0.05, 0.1) is 0 Å². The lowest BCUT2D eigenvalue weighted by Crippen LogP contribution is -2.50. The topological polar surface area (TPSA) is 118 Å². The van der Waals surface area contributed by atoms with Crippen LogP contribution in [0, 0.1) is 0 Å². The molecule has 2 heterocycles. The fourth-order valence-electron chi connectivity index (χ4n) is 3.25. The van der Waals surface area contributed by atoms with E-state index in [9.17, 15) is 9.59 Å². The molecule has 1 aromatic carbocycles. The van der Waals surface area contributed by atoms with E-state index in [0.29, 0.717) is 24.3 Å². The molecule has 0 spiro atoms. The molecule has 1 aliphatic heterocycles. The number of likely N-dealkylation sites (tertiary alicyclic amines) is 1. The van der Waals surface area contributed by atoms with Crippen LogP contribution < -0.4 is 16.0 Å². The normalized spacial score (nSPS) is 19.9. The van der Waals surface area contributed by atoms with E-state index in [1.165, 1.54) is 11.8 Å². The number of pyridine rings is 1. The third-order valence-corrected chi connectivity index (χ3v) is 5.33. The highest BCUT2D eigenvalue weighted by Gasteiger charge is 2.47. The van der Waals surface area contributed by atoms with Crippen molar-refractivity contribution in [3.63, 3.8) is 0 Å². The molecule has 3 rings (SSSR count). The van der Waals surface area contributed by atoms with Gasteiger partial charge in [-0.2, -0.15) is 0 Å². The lowest BCUT2D eigenvalue weighted by atomic mass is 9.89. The number of benzene rings is 1. The minimum Gasteiger partial charge on any atom is -0.489 e. The first-order valence-corrected chi connectivity index (χ1v) is 9.59. The highest BCUT2D eigenvalue weighted by Crippen LogP contribution is 2.33. The predicted molar refractivity (Wildman–Crippen MR) is 107 cm³/mol. The summed E-state index contributed by atoms with van der Waals surface area (Å²) in [4.78, 5) is 29.7. The number of hydroxylamine groups is 1. The minimum atomic E-state index is -1.24. The Kier molecular flexibility index (Phi) is 6.28. The number of aromatic nitrogens is 1. The zero-order valence-electron chi connectivity index (χ0n) is 15.6. The molecule has 1 saturated heterocycles. The maximum absolute atomic E-state index is 12.8. The fraction of sp³-hybridized carbons (Fsp3) is 0.316. The van der Waals surface area contributed by atoms with Crippen molar-refractivity contribution in [1.29, 1.82) is 0 Å². The van der Waals surface area contributed by atoms with Crippen LogP contribution in [0.15, 0.2) is 36.4 Å². The van der Waals surface area contributed by atoms with Gasteiger partial charge < -0.3 is 15.4 Å². The number of nitrogens with one attached hydrogen (secondary N) is 1. The van der Waals surface area contributed by atoms with Crippen LogP contribution in [0.1, 0.15) is 24.5 Å². The monoisotopic (exact) mass is 438 g/mol. The van der Waals surface area contributed by atoms with Gasteiger partial charge in [0.25, 0.3) is 5.91 Å². The Morgan fingerprint density at radius 1 is 1.34 bits per heavy atom. The number of carbonyl (C=O) groups is 2. The Bertz CT molecular complexity index is 905. The molecule has 0 bridgehead atoms. The second-order valence-corrected chi connectivity index (χ2v) is 7.58. The second-order valence-electron chi connectivity index (χ2n) is 6.81. The molecule has 1 aliphatic rings. The average molecular weight is 439 g/mol. The third-order valence-electron chi connectivity index (χ3n) is 4.94. The first-order chi connectivity index (χ1) is 13.7. The lowest BCUT2D eigenvalue weighted by molar-refractivity contribution is -0.143. The zero-order valence-corrected chi connectivity index (χ0v) is 17.1. The number of nitrogens with two attached hydrogens (primary N) is 1. The number of hydrogen-bond acceptors (Lipinski definition) is 6. The van der Waals surface area contributed by atoms with Crippen molar-refractivity contribution < 1.29 is 19.5 Å². The van der Waals surface area contributed by atoms with Crippen molar-refractivity contribution in [2.75, 3.05) is 6.54 Å². The van der Waals surface area contributed by atoms with Gasteiger partial charge in [-0.3, -0.25) is 14.8 Å². The minimum absolute atomic E-state index is 0.246. The van der Waals surface area contributed by atoms with Crippen LogP contribution in [0.4, 0.5) is 0 Å². The standard InChI is InChI=1S/C19H20Cl2N4O4/c1-11(17(26)24-28)25-7-6-19(22,18(25)27)13-2-4-14(5-3-13)29-10-12-8-15(20)23-16(21)9-12/h2-5,8-9,11,28H,6-7,10,22H2,1H3,(H,24,26). The van der Waals surface area contributed by atoms with Crippen LogP contribution in [-0.4, -0.2) is 39.5 Å².